The van der Waals surface area contributed by atoms with Gasteiger partial charge in [-0.25, -0.2) is 4.98 Å². The van der Waals surface area contributed by atoms with E-state index in [0.717, 1.165) is 32.6 Å². The second kappa shape index (κ2) is 6.33. The Hall–Kier alpha value is -0.450. The van der Waals surface area contributed by atoms with Crippen molar-refractivity contribution < 1.29 is 4.74 Å². The maximum Gasteiger partial charge on any atom is 0.0932 e. The molecule has 108 valence electrons. The van der Waals surface area contributed by atoms with Crippen LogP contribution in [0, 0.1) is 5.92 Å². The molecule has 0 aromatic carbocycles. The predicted molar refractivity (Wildman–Crippen MR) is 80.9 cm³/mol. The highest BCUT2D eigenvalue weighted by molar-refractivity contribution is 7.09. The maximum absolute atomic E-state index is 5.64. The van der Waals surface area contributed by atoms with Gasteiger partial charge in [0.25, 0.3) is 0 Å². The number of hydrogen-bond acceptors (Lipinski definition) is 4. The summed E-state index contributed by atoms with van der Waals surface area (Å²) < 4.78 is 5.64. The van der Waals surface area contributed by atoms with Gasteiger partial charge >= 0.3 is 0 Å². The molecule has 1 aliphatic heterocycles. The molecule has 0 amide bonds. The number of ether oxygens (including phenoxy) is 1. The van der Waals surface area contributed by atoms with E-state index in [-0.39, 0.29) is 5.41 Å². The van der Waals surface area contributed by atoms with E-state index in [0.29, 0.717) is 12.0 Å². The first kappa shape index (κ1) is 14.9. The van der Waals surface area contributed by atoms with Crippen molar-refractivity contribution in [1.82, 2.24) is 10.3 Å². The number of nitrogens with one attached hydrogen (secondary N) is 1. The summed E-state index contributed by atoms with van der Waals surface area (Å²) in [7, 11) is 0. The summed E-state index contributed by atoms with van der Waals surface area (Å²) >= 11 is 1.80. The van der Waals surface area contributed by atoms with E-state index in [1.807, 2.05) is 0 Å². The van der Waals surface area contributed by atoms with Crippen molar-refractivity contribution in [3.8, 4) is 0 Å². The van der Waals surface area contributed by atoms with Crippen molar-refractivity contribution >= 4 is 11.3 Å². The highest BCUT2D eigenvalue weighted by Crippen LogP contribution is 2.27. The van der Waals surface area contributed by atoms with Gasteiger partial charge in [-0.15, -0.1) is 11.3 Å². The Balaban J connectivity index is 2.00. The minimum absolute atomic E-state index is 0.152. The molecule has 1 fully saturated rings. The summed E-state index contributed by atoms with van der Waals surface area (Å²) in [5, 5.41) is 7.05. The monoisotopic (exact) mass is 282 g/mol. The highest BCUT2D eigenvalue weighted by atomic mass is 32.1. The fraction of sp³-hybridized carbons (Fsp3) is 0.800. The van der Waals surface area contributed by atoms with Crippen LogP contribution < -0.4 is 5.32 Å². The lowest BCUT2D eigenvalue weighted by Crippen LogP contribution is -2.43. The van der Waals surface area contributed by atoms with Crippen molar-refractivity contribution in [2.75, 3.05) is 19.8 Å². The van der Waals surface area contributed by atoms with Crippen molar-refractivity contribution in [3.05, 3.63) is 16.1 Å². The van der Waals surface area contributed by atoms with Gasteiger partial charge in [0, 0.05) is 35.8 Å². The van der Waals surface area contributed by atoms with Gasteiger partial charge in [0.15, 0.2) is 0 Å². The van der Waals surface area contributed by atoms with Crippen molar-refractivity contribution in [1.29, 1.82) is 0 Å². The summed E-state index contributed by atoms with van der Waals surface area (Å²) in [6.07, 6.45) is 2.16. The van der Waals surface area contributed by atoms with Gasteiger partial charge in [0.2, 0.25) is 0 Å². The molecule has 1 N–H and O–H groups in total. The third-order valence-electron chi connectivity index (χ3n) is 3.70. The molecule has 0 aliphatic carbocycles. The molecule has 0 bridgehead atoms. The van der Waals surface area contributed by atoms with Crippen LogP contribution in [-0.2, 0) is 16.6 Å². The molecule has 4 heteroatoms. The van der Waals surface area contributed by atoms with E-state index in [1.165, 1.54) is 10.7 Å². The average Bonchev–Trinajstić information content (AvgIpc) is 2.80. The summed E-state index contributed by atoms with van der Waals surface area (Å²) in [4.78, 5) is 4.81. The molecule has 0 spiro atoms. The molecule has 0 saturated carbocycles. The van der Waals surface area contributed by atoms with Gasteiger partial charge in [0.05, 0.1) is 17.3 Å². The first-order chi connectivity index (χ1) is 9.00. The third-order valence-corrected chi connectivity index (χ3v) is 4.57. The van der Waals surface area contributed by atoms with E-state index in [1.54, 1.807) is 11.3 Å². The number of aromatic nitrogens is 1. The Morgan fingerprint density at radius 1 is 1.47 bits per heavy atom. The fourth-order valence-electron chi connectivity index (χ4n) is 2.50. The van der Waals surface area contributed by atoms with Crippen molar-refractivity contribution in [2.45, 2.75) is 52.0 Å². The van der Waals surface area contributed by atoms with Gasteiger partial charge in [-0.1, -0.05) is 27.7 Å². The van der Waals surface area contributed by atoms with Crippen LogP contribution in [0.5, 0.6) is 0 Å². The molecule has 3 nitrogen and oxygen atoms in total. The lowest BCUT2D eigenvalue weighted by atomic mass is 9.92. The van der Waals surface area contributed by atoms with Crippen LogP contribution >= 0.6 is 11.3 Å². The molecule has 2 unspecified atom stereocenters. The molecule has 19 heavy (non-hydrogen) atoms. The SMILES string of the molecule is CCNC1CCOCC1Cc1nc(C(C)(C)C)cs1. The van der Waals surface area contributed by atoms with Crippen LogP contribution in [0.3, 0.4) is 0 Å². The number of hydrogen-bond donors (Lipinski definition) is 1. The van der Waals surface area contributed by atoms with Crippen LogP contribution in [0.1, 0.15) is 44.8 Å². The summed E-state index contributed by atoms with van der Waals surface area (Å²) in [5.74, 6) is 0.563. The van der Waals surface area contributed by atoms with E-state index in [9.17, 15) is 0 Å². The van der Waals surface area contributed by atoms with Crippen LogP contribution in [-0.4, -0.2) is 30.8 Å². The van der Waals surface area contributed by atoms with E-state index < -0.39 is 0 Å². The molecule has 1 saturated heterocycles. The average molecular weight is 282 g/mol. The Bertz CT molecular complexity index is 395. The summed E-state index contributed by atoms with van der Waals surface area (Å²) in [6.45, 7) is 11.6. The van der Waals surface area contributed by atoms with E-state index in [2.05, 4.69) is 38.4 Å². The zero-order valence-electron chi connectivity index (χ0n) is 12.5. The maximum atomic E-state index is 5.64. The zero-order valence-corrected chi connectivity index (χ0v) is 13.3. The van der Waals surface area contributed by atoms with Crippen LogP contribution in [0.2, 0.25) is 0 Å². The number of thiazole rings is 1. The fourth-order valence-corrected chi connectivity index (χ4v) is 3.62. The molecule has 2 atom stereocenters. The lowest BCUT2D eigenvalue weighted by molar-refractivity contribution is 0.0326. The Morgan fingerprint density at radius 3 is 2.89 bits per heavy atom. The Labute approximate surface area is 120 Å². The van der Waals surface area contributed by atoms with Crippen LogP contribution in [0.25, 0.3) is 0 Å². The van der Waals surface area contributed by atoms with Crippen LogP contribution in [0.15, 0.2) is 5.38 Å². The van der Waals surface area contributed by atoms with Gasteiger partial charge < -0.3 is 10.1 Å². The van der Waals surface area contributed by atoms with E-state index in [4.69, 9.17) is 9.72 Å². The predicted octanol–water partition coefficient (Wildman–Crippen LogP) is 3.00. The largest absolute Gasteiger partial charge is 0.381 e. The summed E-state index contributed by atoms with van der Waals surface area (Å²) in [5.41, 5.74) is 1.36. The minimum Gasteiger partial charge on any atom is -0.381 e. The van der Waals surface area contributed by atoms with Gasteiger partial charge in [-0.3, -0.25) is 0 Å². The van der Waals surface area contributed by atoms with Crippen LogP contribution in [0.4, 0.5) is 0 Å². The normalized spacial score (nSPS) is 24.6. The second-order valence-electron chi connectivity index (χ2n) is 6.37. The number of nitrogens with zero attached hydrogens (tertiary/aromatic N) is 1. The van der Waals surface area contributed by atoms with Gasteiger partial charge in [-0.2, -0.15) is 0 Å². The van der Waals surface area contributed by atoms with Crippen molar-refractivity contribution in [2.24, 2.45) is 5.92 Å². The van der Waals surface area contributed by atoms with Gasteiger partial charge in [0.1, 0.15) is 0 Å². The first-order valence-electron chi connectivity index (χ1n) is 7.26. The molecular weight excluding hydrogens is 256 g/mol. The van der Waals surface area contributed by atoms with Gasteiger partial charge in [-0.05, 0) is 13.0 Å². The van der Waals surface area contributed by atoms with E-state index >= 15 is 0 Å². The topological polar surface area (TPSA) is 34.1 Å². The smallest absolute Gasteiger partial charge is 0.0932 e. The molecule has 1 aliphatic rings. The Morgan fingerprint density at radius 2 is 2.26 bits per heavy atom. The standard InChI is InChI=1S/C15H26N2OS/c1-5-16-12-6-7-18-9-11(12)8-14-17-13(10-19-14)15(2,3)4/h10-12,16H,5-9H2,1-4H3. The number of rotatable bonds is 4. The zero-order chi connectivity index (χ0) is 13.9. The molecule has 0 radical (unpaired) electrons. The third kappa shape index (κ3) is 4.01. The molecule has 2 heterocycles. The molecule has 1 aromatic heterocycles. The molecular formula is C15H26N2OS. The quantitative estimate of drug-likeness (QED) is 0.922. The molecule has 2 rings (SSSR count). The lowest BCUT2D eigenvalue weighted by Gasteiger charge is -2.31. The minimum atomic E-state index is 0.152. The second-order valence-corrected chi connectivity index (χ2v) is 7.31. The Kier molecular flexibility index (Phi) is 4.98. The van der Waals surface area contributed by atoms with Crippen molar-refractivity contribution in [3.63, 3.8) is 0 Å². The highest BCUT2D eigenvalue weighted by Gasteiger charge is 2.27. The summed E-state index contributed by atoms with van der Waals surface area (Å²) in [6, 6.07) is 0.584. The molecule has 1 aromatic rings. The first-order valence-corrected chi connectivity index (χ1v) is 8.14.